The molecule has 2 aromatic carbocycles. The fourth-order valence-corrected chi connectivity index (χ4v) is 1.94. The molecule has 5 heteroatoms. The number of halogens is 2. The van der Waals surface area contributed by atoms with Crippen LogP contribution in [0.15, 0.2) is 54.6 Å². The van der Waals surface area contributed by atoms with Crippen molar-refractivity contribution in [3.05, 3.63) is 71.5 Å². The van der Waals surface area contributed by atoms with E-state index in [1.165, 1.54) is 29.8 Å². The van der Waals surface area contributed by atoms with Crippen LogP contribution in [0.1, 0.15) is 15.9 Å². The Hall–Kier alpha value is -1.91. The topological polar surface area (TPSA) is 29.5 Å². The van der Waals surface area contributed by atoms with Crippen LogP contribution in [0.3, 0.4) is 0 Å². The molecule has 0 spiro atoms. The van der Waals surface area contributed by atoms with Gasteiger partial charge in [-0.25, -0.2) is 9.18 Å². The molecule has 0 bridgehead atoms. The quantitative estimate of drug-likeness (QED) is 0.762. The summed E-state index contributed by atoms with van der Waals surface area (Å²) in [5.41, 5.74) is 1.58. The van der Waals surface area contributed by atoms with Crippen molar-refractivity contribution in [1.82, 2.24) is 4.90 Å². The molecule has 0 aliphatic rings. The number of benzene rings is 2. The van der Waals surface area contributed by atoms with Crippen LogP contribution in [-0.2, 0) is 11.3 Å². The minimum Gasteiger partial charge on any atom is -0.461 e. The normalized spacial score (nSPS) is 10.1. The minimum atomic E-state index is -0.428. The lowest BCUT2D eigenvalue weighted by Crippen LogP contribution is -2.24. The van der Waals surface area contributed by atoms with E-state index in [1.54, 1.807) is 0 Å². The van der Waals surface area contributed by atoms with Crippen molar-refractivity contribution in [1.29, 1.82) is 0 Å². The maximum Gasteiger partial charge on any atom is 0.338 e. The molecule has 0 saturated heterocycles. The zero-order valence-corrected chi connectivity index (χ0v) is 13.2. The molecule has 0 aliphatic carbocycles. The van der Waals surface area contributed by atoms with Crippen molar-refractivity contribution in [2.24, 2.45) is 0 Å². The van der Waals surface area contributed by atoms with E-state index in [1.807, 2.05) is 25.2 Å². The molecule has 0 fully saturated rings. The highest BCUT2D eigenvalue weighted by Crippen LogP contribution is 2.05. The Balaban J connectivity index is 0.00000242. The number of nitrogens with zero attached hydrogens (tertiary/aromatic N) is 1. The Morgan fingerprint density at radius 3 is 2.36 bits per heavy atom. The van der Waals surface area contributed by atoms with E-state index in [0.29, 0.717) is 18.7 Å². The van der Waals surface area contributed by atoms with E-state index in [2.05, 4.69) is 17.0 Å². The van der Waals surface area contributed by atoms with Gasteiger partial charge in [0.05, 0.1) is 5.56 Å². The Labute approximate surface area is 136 Å². The summed E-state index contributed by atoms with van der Waals surface area (Å²) in [4.78, 5) is 13.8. The van der Waals surface area contributed by atoms with Crippen molar-refractivity contribution in [3.63, 3.8) is 0 Å². The van der Waals surface area contributed by atoms with Gasteiger partial charge in [0, 0.05) is 13.1 Å². The van der Waals surface area contributed by atoms with Gasteiger partial charge in [0.25, 0.3) is 0 Å². The molecule has 0 aromatic heterocycles. The van der Waals surface area contributed by atoms with Crippen molar-refractivity contribution in [2.75, 3.05) is 20.2 Å². The van der Waals surface area contributed by atoms with Gasteiger partial charge in [0.2, 0.25) is 0 Å². The summed E-state index contributed by atoms with van der Waals surface area (Å²) in [5, 5.41) is 0. The Bertz CT molecular complexity index is 575. The molecule has 0 N–H and O–H groups in total. The summed E-state index contributed by atoms with van der Waals surface area (Å²) in [6.07, 6.45) is 0. The molecule has 2 aromatic rings. The van der Waals surface area contributed by atoms with Gasteiger partial charge in [0.1, 0.15) is 12.4 Å². The second-order valence-corrected chi connectivity index (χ2v) is 4.87. The van der Waals surface area contributed by atoms with Gasteiger partial charge in [-0.1, -0.05) is 30.3 Å². The lowest BCUT2D eigenvalue weighted by Gasteiger charge is -2.16. The van der Waals surface area contributed by atoms with Crippen LogP contribution in [0.2, 0.25) is 0 Å². The monoisotopic (exact) mass is 323 g/mol. The summed E-state index contributed by atoms with van der Waals surface area (Å²) in [6.45, 7) is 1.75. The highest BCUT2D eigenvalue weighted by molar-refractivity contribution is 5.89. The molecule has 0 aliphatic heterocycles. The van der Waals surface area contributed by atoms with Gasteiger partial charge in [-0.2, -0.15) is 0 Å². The maximum absolute atomic E-state index is 12.8. The predicted octanol–water partition coefficient (Wildman–Crippen LogP) is 3.54. The number of hydrogen-bond donors (Lipinski definition) is 0. The van der Waals surface area contributed by atoms with E-state index >= 15 is 0 Å². The van der Waals surface area contributed by atoms with Crippen LogP contribution in [0.5, 0.6) is 0 Å². The van der Waals surface area contributed by atoms with E-state index in [-0.39, 0.29) is 18.2 Å². The summed E-state index contributed by atoms with van der Waals surface area (Å²) in [7, 11) is 1.97. The largest absolute Gasteiger partial charge is 0.461 e. The zero-order chi connectivity index (χ0) is 15.1. The summed E-state index contributed by atoms with van der Waals surface area (Å²) in [5.74, 6) is -0.794. The third-order valence-electron chi connectivity index (χ3n) is 3.08. The SMILES string of the molecule is CN(CCOC(=O)c1ccc(F)cc1)Cc1ccccc1.Cl. The second-order valence-electron chi connectivity index (χ2n) is 4.87. The van der Waals surface area contributed by atoms with Gasteiger partial charge in [-0.3, -0.25) is 4.90 Å². The van der Waals surface area contributed by atoms with E-state index in [4.69, 9.17) is 4.74 Å². The molecule has 0 atom stereocenters. The van der Waals surface area contributed by atoms with E-state index in [0.717, 1.165) is 6.54 Å². The molecule has 118 valence electrons. The summed E-state index contributed by atoms with van der Waals surface area (Å²) < 4.78 is 17.9. The fraction of sp³-hybridized carbons (Fsp3) is 0.235. The molecule has 0 heterocycles. The van der Waals surface area contributed by atoms with Crippen molar-refractivity contribution >= 4 is 18.4 Å². The molecule has 22 heavy (non-hydrogen) atoms. The van der Waals surface area contributed by atoms with Gasteiger partial charge in [0.15, 0.2) is 0 Å². The Kier molecular flexibility index (Phi) is 7.57. The first-order chi connectivity index (χ1) is 10.1. The van der Waals surface area contributed by atoms with Crippen LogP contribution in [-0.4, -0.2) is 31.1 Å². The third kappa shape index (κ3) is 5.84. The molecule has 0 saturated carbocycles. The minimum absolute atomic E-state index is 0. The number of hydrogen-bond acceptors (Lipinski definition) is 3. The van der Waals surface area contributed by atoms with Gasteiger partial charge in [-0.05, 0) is 36.9 Å². The smallest absolute Gasteiger partial charge is 0.338 e. The first-order valence-electron chi connectivity index (χ1n) is 6.80. The van der Waals surface area contributed by atoms with Crippen molar-refractivity contribution in [2.45, 2.75) is 6.54 Å². The molecular weight excluding hydrogens is 305 g/mol. The van der Waals surface area contributed by atoms with Crippen molar-refractivity contribution in [3.8, 4) is 0 Å². The molecular formula is C17H19ClFNO2. The number of rotatable bonds is 6. The number of esters is 1. The highest BCUT2D eigenvalue weighted by atomic mass is 35.5. The number of ether oxygens (including phenoxy) is 1. The van der Waals surface area contributed by atoms with Gasteiger partial charge < -0.3 is 4.74 Å². The van der Waals surface area contributed by atoms with Crippen LogP contribution in [0.4, 0.5) is 4.39 Å². The van der Waals surface area contributed by atoms with E-state index < -0.39 is 5.97 Å². The lowest BCUT2D eigenvalue weighted by atomic mass is 10.2. The number of likely N-dealkylation sites (N-methyl/N-ethyl adjacent to an activating group) is 1. The van der Waals surface area contributed by atoms with Crippen LogP contribution >= 0.6 is 12.4 Å². The molecule has 2 rings (SSSR count). The lowest BCUT2D eigenvalue weighted by molar-refractivity contribution is 0.0470. The summed E-state index contributed by atoms with van der Waals surface area (Å²) in [6, 6.07) is 15.4. The summed E-state index contributed by atoms with van der Waals surface area (Å²) >= 11 is 0. The number of carbonyl (C=O) groups is 1. The van der Waals surface area contributed by atoms with Crippen LogP contribution in [0, 0.1) is 5.82 Å². The molecule has 0 unspecified atom stereocenters. The second kappa shape index (κ2) is 9.18. The average Bonchev–Trinajstić information content (AvgIpc) is 2.49. The zero-order valence-electron chi connectivity index (χ0n) is 12.4. The first kappa shape index (κ1) is 18.1. The van der Waals surface area contributed by atoms with Crippen LogP contribution in [0.25, 0.3) is 0 Å². The fourth-order valence-electron chi connectivity index (χ4n) is 1.94. The number of carbonyl (C=O) groups excluding carboxylic acids is 1. The predicted molar refractivity (Wildman–Crippen MR) is 86.7 cm³/mol. The van der Waals surface area contributed by atoms with Gasteiger partial charge >= 0.3 is 5.97 Å². The Morgan fingerprint density at radius 1 is 1.09 bits per heavy atom. The van der Waals surface area contributed by atoms with Crippen LogP contribution < -0.4 is 0 Å². The van der Waals surface area contributed by atoms with Gasteiger partial charge in [-0.15, -0.1) is 12.4 Å². The molecule has 3 nitrogen and oxygen atoms in total. The standard InChI is InChI=1S/C17H18FNO2.ClH/c1-19(13-14-5-3-2-4-6-14)11-12-21-17(20)15-7-9-16(18)10-8-15;/h2-10H,11-13H2,1H3;1H. The van der Waals surface area contributed by atoms with E-state index in [9.17, 15) is 9.18 Å². The van der Waals surface area contributed by atoms with Crippen molar-refractivity contribution < 1.29 is 13.9 Å². The highest BCUT2D eigenvalue weighted by Gasteiger charge is 2.07. The maximum atomic E-state index is 12.8. The first-order valence-corrected chi connectivity index (χ1v) is 6.80. The molecule has 0 amide bonds. The average molecular weight is 324 g/mol. The Morgan fingerprint density at radius 2 is 1.73 bits per heavy atom. The third-order valence-corrected chi connectivity index (χ3v) is 3.08. The molecule has 0 radical (unpaired) electrons.